The number of fused-ring (bicyclic) bond motifs is 6. The van der Waals surface area contributed by atoms with Gasteiger partial charge < -0.3 is 9.47 Å². The van der Waals surface area contributed by atoms with Gasteiger partial charge in [-0.2, -0.15) is 10.4 Å². The highest BCUT2D eigenvalue weighted by Gasteiger charge is 2.73. The molecule has 2 amide bonds. The number of amides is 2. The second-order valence-corrected chi connectivity index (χ2v) is 10.4. The molecule has 1 aromatic heterocycles. The molecule has 8 nitrogen and oxygen atoms in total. The first-order chi connectivity index (χ1) is 17.3. The quantitative estimate of drug-likeness (QED) is 0.446. The average molecular weight is 523 g/mol. The summed E-state index contributed by atoms with van der Waals surface area (Å²) >= 11 is 12.2. The molecule has 0 N–H and O–H groups in total. The minimum Gasteiger partial charge on any atom is -0.475 e. The summed E-state index contributed by atoms with van der Waals surface area (Å²) in [6, 6.07) is 12.8. The number of carbonyl (C=O) groups excluding carboxylic acids is 2. The minimum atomic E-state index is -0.845. The zero-order chi connectivity index (χ0) is 25.2. The van der Waals surface area contributed by atoms with Crippen molar-refractivity contribution in [3.63, 3.8) is 0 Å². The molecular weight excluding hydrogens is 503 g/mol. The molecule has 182 valence electrons. The number of nitrogens with zero attached hydrogens (tertiary/aromatic N) is 4. The summed E-state index contributed by atoms with van der Waals surface area (Å²) in [5, 5.41) is 18.9. The van der Waals surface area contributed by atoms with Gasteiger partial charge in [0.05, 0.1) is 58.2 Å². The van der Waals surface area contributed by atoms with Gasteiger partial charge in [0.1, 0.15) is 5.02 Å². The minimum absolute atomic E-state index is 0.107. The second-order valence-electron chi connectivity index (χ2n) is 9.65. The molecule has 4 atom stereocenters. The van der Waals surface area contributed by atoms with E-state index in [0.29, 0.717) is 41.3 Å². The standard InChI is InChI=1S/C26H20Cl2N4O4/c1-25-8-9-26(36-25,10-11-35-22-21(28)17(27)13-30-31-22)20-19(25)23(33)32(24(20)34)18-7-6-14(12-29)15-4-2-3-5-16(15)18/h2-7,13,19-20H,8-11H2,1H3. The molecule has 3 aliphatic heterocycles. The maximum atomic E-state index is 13.9. The van der Waals surface area contributed by atoms with Crippen LogP contribution in [0.2, 0.25) is 10.0 Å². The van der Waals surface area contributed by atoms with Crippen LogP contribution in [-0.4, -0.2) is 39.8 Å². The average Bonchev–Trinajstić information content (AvgIpc) is 3.45. The van der Waals surface area contributed by atoms with E-state index in [-0.39, 0.29) is 34.3 Å². The van der Waals surface area contributed by atoms with Crippen molar-refractivity contribution in [3.05, 3.63) is 58.2 Å². The van der Waals surface area contributed by atoms with Crippen LogP contribution >= 0.6 is 23.2 Å². The zero-order valence-electron chi connectivity index (χ0n) is 19.2. The number of ether oxygens (including phenoxy) is 2. The number of anilines is 1. The molecule has 4 unspecified atom stereocenters. The van der Waals surface area contributed by atoms with Crippen molar-refractivity contribution in [2.24, 2.45) is 11.8 Å². The predicted octanol–water partition coefficient (Wildman–Crippen LogP) is 4.70. The van der Waals surface area contributed by atoms with E-state index in [1.807, 2.05) is 31.2 Å². The number of carbonyl (C=O) groups is 2. The first-order valence-electron chi connectivity index (χ1n) is 11.6. The summed E-state index contributed by atoms with van der Waals surface area (Å²) in [6.45, 7) is 2.07. The van der Waals surface area contributed by atoms with Crippen LogP contribution in [0.4, 0.5) is 5.69 Å². The van der Waals surface area contributed by atoms with Crippen molar-refractivity contribution in [3.8, 4) is 11.9 Å². The molecular formula is C26H20Cl2N4O4. The number of benzene rings is 2. The molecule has 0 aliphatic carbocycles. The van der Waals surface area contributed by atoms with Crippen molar-refractivity contribution in [1.29, 1.82) is 5.26 Å². The van der Waals surface area contributed by atoms with Crippen molar-refractivity contribution in [2.75, 3.05) is 11.5 Å². The van der Waals surface area contributed by atoms with E-state index in [0.717, 1.165) is 0 Å². The Morgan fingerprint density at radius 2 is 1.89 bits per heavy atom. The van der Waals surface area contributed by atoms with Gasteiger partial charge in [-0.05, 0) is 31.9 Å². The van der Waals surface area contributed by atoms with Crippen LogP contribution in [0.15, 0.2) is 42.6 Å². The molecule has 3 fully saturated rings. The number of imide groups is 1. The molecule has 3 aliphatic rings. The van der Waals surface area contributed by atoms with Crippen LogP contribution in [-0.2, 0) is 14.3 Å². The normalized spacial score (nSPS) is 28.6. The van der Waals surface area contributed by atoms with E-state index in [1.54, 1.807) is 12.1 Å². The monoisotopic (exact) mass is 522 g/mol. The lowest BCUT2D eigenvalue weighted by Gasteiger charge is -2.31. The Bertz CT molecular complexity index is 1490. The Labute approximate surface area is 216 Å². The van der Waals surface area contributed by atoms with Crippen molar-refractivity contribution >= 4 is 51.5 Å². The first kappa shape index (κ1) is 23.2. The number of hydrogen-bond donors (Lipinski definition) is 0. The van der Waals surface area contributed by atoms with Gasteiger partial charge in [-0.1, -0.05) is 47.5 Å². The number of aromatic nitrogens is 2. The zero-order valence-corrected chi connectivity index (χ0v) is 20.7. The van der Waals surface area contributed by atoms with Crippen LogP contribution in [0.3, 0.4) is 0 Å². The SMILES string of the molecule is CC12CCC(CCOc3nncc(Cl)c3Cl)(O1)C1C(=O)N(c3ccc(C#N)c4ccccc34)C(=O)C12. The predicted molar refractivity (Wildman–Crippen MR) is 132 cm³/mol. The maximum absolute atomic E-state index is 13.9. The van der Waals surface area contributed by atoms with E-state index in [9.17, 15) is 14.9 Å². The van der Waals surface area contributed by atoms with Gasteiger partial charge in [0, 0.05) is 17.2 Å². The van der Waals surface area contributed by atoms with Crippen LogP contribution in [0.25, 0.3) is 10.8 Å². The smallest absolute Gasteiger partial charge is 0.253 e. The van der Waals surface area contributed by atoms with E-state index in [1.165, 1.54) is 11.1 Å². The maximum Gasteiger partial charge on any atom is 0.253 e. The topological polar surface area (TPSA) is 105 Å². The molecule has 0 radical (unpaired) electrons. The molecule has 36 heavy (non-hydrogen) atoms. The summed E-state index contributed by atoms with van der Waals surface area (Å²) < 4.78 is 12.2. The molecule has 2 aromatic carbocycles. The molecule has 2 bridgehead atoms. The summed E-state index contributed by atoms with van der Waals surface area (Å²) in [7, 11) is 0. The molecule has 3 saturated heterocycles. The highest BCUT2D eigenvalue weighted by molar-refractivity contribution is 6.42. The number of rotatable bonds is 5. The Balaban J connectivity index is 1.33. The van der Waals surface area contributed by atoms with Gasteiger partial charge in [-0.25, -0.2) is 4.90 Å². The molecule has 3 aromatic rings. The third kappa shape index (κ3) is 3.16. The Hall–Kier alpha value is -3.25. The fourth-order valence-corrected chi connectivity index (χ4v) is 6.44. The van der Waals surface area contributed by atoms with Crippen molar-refractivity contribution in [2.45, 2.75) is 37.4 Å². The largest absolute Gasteiger partial charge is 0.475 e. The molecule has 6 rings (SSSR count). The van der Waals surface area contributed by atoms with Crippen LogP contribution in [0.1, 0.15) is 31.7 Å². The summed E-state index contributed by atoms with van der Waals surface area (Å²) in [5.41, 5.74) is -0.617. The number of hydrogen-bond acceptors (Lipinski definition) is 7. The Morgan fingerprint density at radius 3 is 2.67 bits per heavy atom. The summed E-state index contributed by atoms with van der Waals surface area (Å²) in [6.07, 6.45) is 2.98. The van der Waals surface area contributed by atoms with Gasteiger partial charge >= 0.3 is 0 Å². The number of halogens is 2. The highest BCUT2D eigenvalue weighted by atomic mass is 35.5. The van der Waals surface area contributed by atoms with Crippen LogP contribution in [0, 0.1) is 23.2 Å². The lowest BCUT2D eigenvalue weighted by atomic mass is 9.67. The van der Waals surface area contributed by atoms with E-state index >= 15 is 0 Å². The van der Waals surface area contributed by atoms with Gasteiger partial charge in [0.25, 0.3) is 5.88 Å². The second kappa shape index (κ2) is 8.13. The summed E-state index contributed by atoms with van der Waals surface area (Å²) in [4.78, 5) is 29.0. The fraction of sp³-hybridized carbons (Fsp3) is 0.346. The van der Waals surface area contributed by atoms with Crippen LogP contribution in [0.5, 0.6) is 5.88 Å². The van der Waals surface area contributed by atoms with E-state index in [2.05, 4.69) is 16.3 Å². The van der Waals surface area contributed by atoms with Gasteiger partial charge in [-0.15, -0.1) is 5.10 Å². The van der Waals surface area contributed by atoms with Gasteiger partial charge in [-0.3, -0.25) is 9.59 Å². The molecule has 0 saturated carbocycles. The van der Waals surface area contributed by atoms with Gasteiger partial charge in [0.15, 0.2) is 0 Å². The molecule has 0 spiro atoms. The molecule has 4 heterocycles. The van der Waals surface area contributed by atoms with Crippen molar-refractivity contribution in [1.82, 2.24) is 10.2 Å². The lowest BCUT2D eigenvalue weighted by molar-refractivity contribution is -0.131. The third-order valence-electron chi connectivity index (χ3n) is 7.76. The lowest BCUT2D eigenvalue weighted by Crippen LogP contribution is -2.43. The third-order valence-corrected chi connectivity index (χ3v) is 8.50. The number of nitriles is 1. The molecule has 10 heteroatoms. The van der Waals surface area contributed by atoms with Gasteiger partial charge in [0.2, 0.25) is 11.8 Å². The Morgan fingerprint density at radius 1 is 1.14 bits per heavy atom. The van der Waals surface area contributed by atoms with Crippen molar-refractivity contribution < 1.29 is 19.1 Å². The summed E-state index contributed by atoms with van der Waals surface area (Å²) in [5.74, 6) is -1.68. The van der Waals surface area contributed by atoms with E-state index < -0.39 is 23.0 Å². The fourth-order valence-electron chi connectivity index (χ4n) is 6.17. The van der Waals surface area contributed by atoms with E-state index in [4.69, 9.17) is 32.7 Å². The highest BCUT2D eigenvalue weighted by Crippen LogP contribution is 2.62. The first-order valence-corrected chi connectivity index (χ1v) is 12.3. The van der Waals surface area contributed by atoms with Crippen LogP contribution < -0.4 is 9.64 Å². The Kier molecular flexibility index (Phi) is 5.23.